The van der Waals surface area contributed by atoms with Crippen molar-refractivity contribution in [2.45, 2.75) is 32.7 Å². The number of carbonyl (C=O) groups excluding carboxylic acids is 1. The van der Waals surface area contributed by atoms with Crippen LogP contribution in [0.15, 0.2) is 18.5 Å². The highest BCUT2D eigenvalue weighted by Gasteiger charge is 2.15. The lowest BCUT2D eigenvalue weighted by Crippen LogP contribution is -2.40. The summed E-state index contributed by atoms with van der Waals surface area (Å²) >= 11 is 0. The molecule has 1 heterocycles. The van der Waals surface area contributed by atoms with Crippen molar-refractivity contribution in [2.75, 3.05) is 25.6 Å². The minimum absolute atomic E-state index is 0.111. The number of aromatic nitrogens is 1. The zero-order valence-corrected chi connectivity index (χ0v) is 12.1. The number of pyridine rings is 1. The number of methoxy groups -OCH3 is 1. The van der Waals surface area contributed by atoms with Crippen molar-refractivity contribution in [3.8, 4) is 0 Å². The Morgan fingerprint density at radius 3 is 2.74 bits per heavy atom. The summed E-state index contributed by atoms with van der Waals surface area (Å²) in [4.78, 5) is 16.1. The lowest BCUT2D eigenvalue weighted by Gasteiger charge is -2.20. The maximum absolute atomic E-state index is 12.0. The van der Waals surface area contributed by atoms with E-state index in [2.05, 4.69) is 15.6 Å². The van der Waals surface area contributed by atoms with E-state index < -0.39 is 0 Å². The first-order chi connectivity index (χ1) is 8.92. The summed E-state index contributed by atoms with van der Waals surface area (Å²) < 4.78 is 4.98. The minimum Gasteiger partial charge on any atom is -0.385 e. The van der Waals surface area contributed by atoms with Crippen LogP contribution in [-0.4, -0.2) is 36.7 Å². The predicted octanol–water partition coefficient (Wildman–Crippen LogP) is 2.06. The third-order valence-electron chi connectivity index (χ3n) is 2.34. The molecule has 0 aromatic carbocycles. The Morgan fingerprint density at radius 1 is 1.37 bits per heavy atom. The second-order valence-electron chi connectivity index (χ2n) is 5.44. The number of hydrogen-bond acceptors (Lipinski definition) is 4. The summed E-state index contributed by atoms with van der Waals surface area (Å²) in [6.45, 7) is 7.35. The monoisotopic (exact) mass is 265 g/mol. The first kappa shape index (κ1) is 15.4. The molecule has 1 amide bonds. The van der Waals surface area contributed by atoms with E-state index in [0.29, 0.717) is 12.2 Å². The number of carbonyl (C=O) groups is 1. The third kappa shape index (κ3) is 6.20. The Balaban J connectivity index is 2.58. The van der Waals surface area contributed by atoms with Crippen LogP contribution in [0.5, 0.6) is 0 Å². The second kappa shape index (κ2) is 7.09. The van der Waals surface area contributed by atoms with Crippen LogP contribution in [0.25, 0.3) is 0 Å². The van der Waals surface area contributed by atoms with E-state index in [1.165, 1.54) is 0 Å². The normalized spacial score (nSPS) is 11.2. The highest BCUT2D eigenvalue weighted by molar-refractivity contribution is 5.95. The van der Waals surface area contributed by atoms with Crippen LogP contribution in [0.4, 0.5) is 5.69 Å². The van der Waals surface area contributed by atoms with Crippen molar-refractivity contribution in [3.05, 3.63) is 24.0 Å². The molecule has 1 aromatic rings. The molecule has 0 saturated carbocycles. The maximum atomic E-state index is 12.0. The van der Waals surface area contributed by atoms with Crippen LogP contribution in [0.1, 0.15) is 37.6 Å². The zero-order chi connectivity index (χ0) is 14.3. The van der Waals surface area contributed by atoms with Gasteiger partial charge >= 0.3 is 0 Å². The maximum Gasteiger partial charge on any atom is 0.253 e. The average Bonchev–Trinajstić information content (AvgIpc) is 2.33. The number of rotatable bonds is 6. The summed E-state index contributed by atoms with van der Waals surface area (Å²) in [6.07, 6.45) is 4.19. The predicted molar refractivity (Wildman–Crippen MR) is 76.4 cm³/mol. The summed E-state index contributed by atoms with van der Waals surface area (Å²) in [5.41, 5.74) is 1.16. The fourth-order valence-electron chi connectivity index (χ4n) is 1.52. The highest BCUT2D eigenvalue weighted by atomic mass is 16.5. The molecule has 0 bridgehead atoms. The Morgan fingerprint density at radius 2 is 2.11 bits per heavy atom. The summed E-state index contributed by atoms with van der Waals surface area (Å²) in [6, 6.07) is 1.81. The van der Waals surface area contributed by atoms with E-state index in [4.69, 9.17) is 4.74 Å². The number of anilines is 1. The molecule has 1 rings (SSSR count). The SMILES string of the molecule is COCCCNc1cncc(C(=O)NC(C)(C)C)c1. The first-order valence-electron chi connectivity index (χ1n) is 6.43. The van der Waals surface area contributed by atoms with E-state index in [9.17, 15) is 4.79 Å². The van der Waals surface area contributed by atoms with E-state index in [1.54, 1.807) is 25.6 Å². The van der Waals surface area contributed by atoms with Crippen LogP contribution in [0.3, 0.4) is 0 Å². The van der Waals surface area contributed by atoms with Crippen molar-refractivity contribution in [1.82, 2.24) is 10.3 Å². The summed E-state index contributed by atoms with van der Waals surface area (Å²) in [7, 11) is 1.68. The van der Waals surface area contributed by atoms with Crippen molar-refractivity contribution in [2.24, 2.45) is 0 Å². The summed E-state index contributed by atoms with van der Waals surface area (Å²) in [5, 5.41) is 6.13. The van der Waals surface area contributed by atoms with Gasteiger partial charge in [-0.25, -0.2) is 0 Å². The molecule has 19 heavy (non-hydrogen) atoms. The van der Waals surface area contributed by atoms with Gasteiger partial charge in [0.25, 0.3) is 5.91 Å². The molecule has 1 aromatic heterocycles. The molecule has 106 valence electrons. The van der Waals surface area contributed by atoms with Gasteiger partial charge in [0.1, 0.15) is 0 Å². The van der Waals surface area contributed by atoms with Gasteiger partial charge in [0.2, 0.25) is 0 Å². The number of amides is 1. The lowest BCUT2D eigenvalue weighted by atomic mass is 10.1. The molecule has 2 N–H and O–H groups in total. The molecule has 0 aliphatic heterocycles. The molecule has 0 radical (unpaired) electrons. The Hall–Kier alpha value is -1.62. The van der Waals surface area contributed by atoms with E-state index in [1.807, 2.05) is 20.8 Å². The van der Waals surface area contributed by atoms with E-state index in [0.717, 1.165) is 18.7 Å². The summed E-state index contributed by atoms with van der Waals surface area (Å²) in [5.74, 6) is -0.111. The molecule has 0 aliphatic rings. The number of nitrogens with one attached hydrogen (secondary N) is 2. The fraction of sp³-hybridized carbons (Fsp3) is 0.571. The molecular weight excluding hydrogens is 242 g/mol. The van der Waals surface area contributed by atoms with Crippen molar-refractivity contribution < 1.29 is 9.53 Å². The van der Waals surface area contributed by atoms with Crippen molar-refractivity contribution >= 4 is 11.6 Å². The number of ether oxygens (including phenoxy) is 1. The van der Waals surface area contributed by atoms with Crippen LogP contribution < -0.4 is 10.6 Å². The molecule has 0 aliphatic carbocycles. The Labute approximate surface area is 114 Å². The van der Waals surface area contributed by atoms with Gasteiger partial charge in [-0.05, 0) is 33.3 Å². The molecule has 0 unspecified atom stereocenters. The van der Waals surface area contributed by atoms with Crippen LogP contribution in [0, 0.1) is 0 Å². The van der Waals surface area contributed by atoms with Gasteiger partial charge in [-0.1, -0.05) is 0 Å². The lowest BCUT2D eigenvalue weighted by molar-refractivity contribution is 0.0919. The zero-order valence-electron chi connectivity index (χ0n) is 12.1. The number of nitrogens with zero attached hydrogens (tertiary/aromatic N) is 1. The van der Waals surface area contributed by atoms with Gasteiger partial charge in [-0.15, -0.1) is 0 Å². The second-order valence-corrected chi connectivity index (χ2v) is 5.44. The molecule has 0 fully saturated rings. The smallest absolute Gasteiger partial charge is 0.253 e. The highest BCUT2D eigenvalue weighted by Crippen LogP contribution is 2.10. The van der Waals surface area contributed by atoms with E-state index in [-0.39, 0.29) is 11.4 Å². The van der Waals surface area contributed by atoms with Crippen LogP contribution in [-0.2, 0) is 4.74 Å². The van der Waals surface area contributed by atoms with Gasteiger partial charge in [-0.3, -0.25) is 9.78 Å². The van der Waals surface area contributed by atoms with E-state index >= 15 is 0 Å². The van der Waals surface area contributed by atoms with Gasteiger partial charge in [0, 0.05) is 38.2 Å². The fourth-order valence-corrected chi connectivity index (χ4v) is 1.52. The molecule has 0 saturated heterocycles. The molecule has 0 spiro atoms. The molecular formula is C14H23N3O2. The topological polar surface area (TPSA) is 63.2 Å². The quantitative estimate of drug-likeness (QED) is 0.773. The first-order valence-corrected chi connectivity index (χ1v) is 6.43. The van der Waals surface area contributed by atoms with Gasteiger partial charge in [-0.2, -0.15) is 0 Å². The Bertz CT molecular complexity index is 413. The van der Waals surface area contributed by atoms with Crippen LogP contribution in [0.2, 0.25) is 0 Å². The average molecular weight is 265 g/mol. The van der Waals surface area contributed by atoms with Gasteiger partial charge in [0.05, 0.1) is 11.3 Å². The van der Waals surface area contributed by atoms with Crippen LogP contribution >= 0.6 is 0 Å². The van der Waals surface area contributed by atoms with Crippen molar-refractivity contribution in [3.63, 3.8) is 0 Å². The Kier molecular flexibility index (Phi) is 5.76. The van der Waals surface area contributed by atoms with Crippen molar-refractivity contribution in [1.29, 1.82) is 0 Å². The molecule has 5 heteroatoms. The number of hydrogen-bond donors (Lipinski definition) is 2. The standard InChI is InChI=1S/C14H23N3O2/c1-14(2,3)17-13(18)11-8-12(10-15-9-11)16-6-5-7-19-4/h8-10,16H,5-7H2,1-4H3,(H,17,18). The van der Waals surface area contributed by atoms with Gasteiger partial charge < -0.3 is 15.4 Å². The molecule has 5 nitrogen and oxygen atoms in total. The largest absolute Gasteiger partial charge is 0.385 e. The van der Waals surface area contributed by atoms with Gasteiger partial charge in [0.15, 0.2) is 0 Å². The third-order valence-corrected chi connectivity index (χ3v) is 2.34. The minimum atomic E-state index is -0.251. The molecule has 0 atom stereocenters.